The molecule has 0 aliphatic heterocycles. The van der Waals surface area contributed by atoms with Crippen LogP contribution in [0.5, 0.6) is 0 Å². The smallest absolute Gasteiger partial charge is 0.296 e. The summed E-state index contributed by atoms with van der Waals surface area (Å²) >= 11 is 0. The number of nitrogen functional groups attached to an aromatic ring is 1. The molecule has 9 nitrogen and oxygen atoms in total. The van der Waals surface area contributed by atoms with E-state index in [0.29, 0.717) is 11.4 Å². The second-order valence-electron chi connectivity index (χ2n) is 7.52. The van der Waals surface area contributed by atoms with E-state index in [4.69, 9.17) is 5.73 Å². The Bertz CT molecular complexity index is 1430. The number of nitrogens with two attached hydrogens (primary N) is 1. The van der Waals surface area contributed by atoms with E-state index in [9.17, 15) is 27.4 Å². The van der Waals surface area contributed by atoms with Crippen LogP contribution in [0.25, 0.3) is 0 Å². The predicted octanol–water partition coefficient (Wildman–Crippen LogP) is 3.04. The molecule has 0 fully saturated rings. The van der Waals surface area contributed by atoms with Gasteiger partial charge in [0.25, 0.3) is 10.1 Å². The van der Waals surface area contributed by atoms with Gasteiger partial charge in [0.2, 0.25) is 0 Å². The highest BCUT2D eigenvalue weighted by Gasteiger charge is 2.36. The maximum absolute atomic E-state index is 13.3. The zero-order valence-corrected chi connectivity index (χ0v) is 18.2. The molecule has 1 aliphatic rings. The first-order valence-electron chi connectivity index (χ1n) is 9.80. The summed E-state index contributed by atoms with van der Waals surface area (Å²) < 4.78 is 33.6. The molecule has 33 heavy (non-hydrogen) atoms. The van der Waals surface area contributed by atoms with Crippen LogP contribution in [0.3, 0.4) is 0 Å². The Morgan fingerprint density at radius 3 is 2.03 bits per heavy atom. The Balaban J connectivity index is 1.84. The Kier molecular flexibility index (Phi) is 5.48. The van der Waals surface area contributed by atoms with Crippen molar-refractivity contribution in [3.63, 3.8) is 0 Å². The van der Waals surface area contributed by atoms with Crippen molar-refractivity contribution in [1.29, 1.82) is 0 Å². The number of carbonyl (C=O) groups excluding carboxylic acids is 3. The van der Waals surface area contributed by atoms with Crippen LogP contribution >= 0.6 is 0 Å². The second-order valence-corrected chi connectivity index (χ2v) is 8.91. The third-order valence-corrected chi connectivity index (χ3v) is 6.08. The van der Waals surface area contributed by atoms with Crippen molar-refractivity contribution in [3.05, 3.63) is 76.9 Å². The maximum Gasteiger partial charge on any atom is 0.296 e. The molecule has 0 unspecified atom stereocenters. The van der Waals surface area contributed by atoms with Crippen LogP contribution in [0, 0.1) is 0 Å². The summed E-state index contributed by atoms with van der Waals surface area (Å²) in [4.78, 5) is 36.9. The lowest BCUT2D eigenvalue weighted by molar-refractivity contribution is -0.115. The molecule has 0 amide bonds. The van der Waals surface area contributed by atoms with Gasteiger partial charge in [0.1, 0.15) is 10.7 Å². The van der Waals surface area contributed by atoms with Crippen LogP contribution < -0.4 is 16.4 Å². The van der Waals surface area contributed by atoms with Gasteiger partial charge in [-0.15, -0.1) is 0 Å². The number of anilines is 4. The van der Waals surface area contributed by atoms with Crippen molar-refractivity contribution in [2.45, 2.75) is 11.8 Å². The third kappa shape index (κ3) is 4.09. The van der Waals surface area contributed by atoms with Gasteiger partial charge in [0, 0.05) is 22.5 Å². The van der Waals surface area contributed by atoms with Crippen molar-refractivity contribution < 1.29 is 27.4 Å². The minimum absolute atomic E-state index is 0.00382. The minimum atomic E-state index is -4.79. The lowest BCUT2D eigenvalue weighted by Gasteiger charge is -2.23. The van der Waals surface area contributed by atoms with Gasteiger partial charge in [0.05, 0.1) is 29.0 Å². The largest absolute Gasteiger partial charge is 0.397 e. The number of Topliss-reactive ketones (excluding diaryl/α,β-unsaturated/α-hetero) is 1. The number of hydrogen-bond donors (Lipinski definition) is 4. The fourth-order valence-corrected chi connectivity index (χ4v) is 4.31. The monoisotopic (exact) mass is 465 g/mol. The molecule has 5 N–H and O–H groups in total. The van der Waals surface area contributed by atoms with Crippen LogP contribution in [-0.4, -0.2) is 36.9 Å². The standard InChI is InChI=1S/C23H19N3O6S/c1-12(27)11-25-13-6-8-14(9-7-13)26-17-10-18(33(30,31)32)21(24)20-19(17)22(28)15-4-2-3-5-16(15)23(20)29/h2-10,25-26H,11,24H2,1H3,(H,30,31,32). The van der Waals surface area contributed by atoms with E-state index in [2.05, 4.69) is 10.6 Å². The van der Waals surface area contributed by atoms with Gasteiger partial charge >= 0.3 is 0 Å². The van der Waals surface area contributed by atoms with E-state index in [-0.39, 0.29) is 40.3 Å². The summed E-state index contributed by atoms with van der Waals surface area (Å²) in [7, 11) is -4.79. The molecular formula is C23H19N3O6S. The highest BCUT2D eigenvalue weighted by Crippen LogP contribution is 2.40. The van der Waals surface area contributed by atoms with Crippen LogP contribution in [0.2, 0.25) is 0 Å². The molecule has 0 saturated carbocycles. The number of hydrogen-bond acceptors (Lipinski definition) is 8. The molecule has 168 valence electrons. The van der Waals surface area contributed by atoms with Gasteiger partial charge in [-0.2, -0.15) is 8.42 Å². The zero-order valence-electron chi connectivity index (χ0n) is 17.4. The number of ketones is 3. The van der Waals surface area contributed by atoms with Gasteiger partial charge in [-0.25, -0.2) is 0 Å². The molecule has 0 spiro atoms. The normalized spacial score (nSPS) is 12.7. The maximum atomic E-state index is 13.3. The van der Waals surface area contributed by atoms with Crippen molar-refractivity contribution in [1.82, 2.24) is 0 Å². The average Bonchev–Trinajstić information content (AvgIpc) is 2.77. The molecule has 0 aromatic heterocycles. The first kappa shape index (κ1) is 22.2. The Hall–Kier alpha value is -4.02. The third-order valence-electron chi connectivity index (χ3n) is 5.18. The summed E-state index contributed by atoms with van der Waals surface area (Å²) in [6.07, 6.45) is 0. The molecule has 0 saturated heterocycles. The highest BCUT2D eigenvalue weighted by molar-refractivity contribution is 7.86. The van der Waals surface area contributed by atoms with Gasteiger partial charge in [-0.05, 0) is 37.3 Å². The fourth-order valence-electron chi connectivity index (χ4n) is 3.66. The first-order chi connectivity index (χ1) is 15.6. The Morgan fingerprint density at radius 1 is 0.939 bits per heavy atom. The number of rotatable bonds is 6. The highest BCUT2D eigenvalue weighted by atomic mass is 32.2. The summed E-state index contributed by atoms with van der Waals surface area (Å²) in [5, 5.41) is 5.89. The molecular weight excluding hydrogens is 446 g/mol. The SMILES string of the molecule is CC(=O)CNc1ccc(Nc2cc(S(=O)(=O)O)c(N)c3c2C(=O)c2ccccc2C3=O)cc1. The van der Waals surface area contributed by atoms with E-state index in [1.165, 1.54) is 19.1 Å². The van der Waals surface area contributed by atoms with E-state index >= 15 is 0 Å². The summed E-state index contributed by atoms with van der Waals surface area (Å²) in [6, 6.07) is 13.8. The Morgan fingerprint density at radius 2 is 1.48 bits per heavy atom. The van der Waals surface area contributed by atoms with E-state index in [0.717, 1.165) is 6.07 Å². The molecule has 10 heteroatoms. The van der Waals surface area contributed by atoms with Gasteiger partial charge in [0.15, 0.2) is 11.6 Å². The molecule has 0 atom stereocenters. The first-order valence-corrected chi connectivity index (χ1v) is 11.2. The zero-order chi connectivity index (χ0) is 23.9. The molecule has 4 rings (SSSR count). The average molecular weight is 465 g/mol. The molecule has 3 aromatic carbocycles. The molecule has 3 aromatic rings. The Labute approximate surface area is 189 Å². The number of nitrogens with one attached hydrogen (secondary N) is 2. The second kappa shape index (κ2) is 8.15. The van der Waals surface area contributed by atoms with E-state index in [1.54, 1.807) is 36.4 Å². The fraction of sp³-hybridized carbons (Fsp3) is 0.0870. The topological polar surface area (TPSA) is 156 Å². The van der Waals surface area contributed by atoms with Crippen LogP contribution in [-0.2, 0) is 14.9 Å². The molecule has 0 radical (unpaired) electrons. The quantitative estimate of drug-likeness (QED) is 0.248. The van der Waals surface area contributed by atoms with Gasteiger partial charge < -0.3 is 16.4 Å². The lowest BCUT2D eigenvalue weighted by Crippen LogP contribution is -2.25. The number of carbonyl (C=O) groups is 3. The summed E-state index contributed by atoms with van der Waals surface area (Å²) in [5.41, 5.74) is 6.52. The van der Waals surface area contributed by atoms with Crippen molar-refractivity contribution >= 4 is 50.2 Å². The summed E-state index contributed by atoms with van der Waals surface area (Å²) in [6.45, 7) is 1.61. The van der Waals surface area contributed by atoms with Crippen molar-refractivity contribution in [2.24, 2.45) is 0 Å². The molecule has 0 bridgehead atoms. The van der Waals surface area contributed by atoms with Crippen molar-refractivity contribution in [2.75, 3.05) is 22.9 Å². The van der Waals surface area contributed by atoms with Crippen LogP contribution in [0.4, 0.5) is 22.7 Å². The molecule has 0 heterocycles. The van der Waals surface area contributed by atoms with Crippen LogP contribution in [0.15, 0.2) is 59.5 Å². The summed E-state index contributed by atoms with van der Waals surface area (Å²) in [5.74, 6) is -1.15. The number of fused-ring (bicyclic) bond motifs is 2. The lowest BCUT2D eigenvalue weighted by atomic mass is 9.82. The van der Waals surface area contributed by atoms with E-state index in [1.807, 2.05) is 0 Å². The van der Waals surface area contributed by atoms with E-state index < -0.39 is 32.3 Å². The van der Waals surface area contributed by atoms with Crippen molar-refractivity contribution in [3.8, 4) is 0 Å². The van der Waals surface area contributed by atoms with Gasteiger partial charge in [-0.1, -0.05) is 24.3 Å². The molecule has 1 aliphatic carbocycles. The number of benzene rings is 3. The van der Waals surface area contributed by atoms with Gasteiger partial charge in [-0.3, -0.25) is 18.9 Å². The minimum Gasteiger partial charge on any atom is -0.397 e. The predicted molar refractivity (Wildman–Crippen MR) is 123 cm³/mol. The van der Waals surface area contributed by atoms with Crippen LogP contribution in [0.1, 0.15) is 38.8 Å².